The molecule has 3 rings (SSSR count). The molecule has 134 valence electrons. The van der Waals surface area contributed by atoms with Gasteiger partial charge in [0.2, 0.25) is 5.75 Å². The van der Waals surface area contributed by atoms with E-state index in [0.717, 1.165) is 30.3 Å². The Hall–Kier alpha value is -1.46. The van der Waals surface area contributed by atoms with E-state index in [-0.39, 0.29) is 0 Å². The molecule has 1 saturated heterocycles. The van der Waals surface area contributed by atoms with E-state index in [0.29, 0.717) is 25.2 Å². The van der Waals surface area contributed by atoms with Crippen LogP contribution in [0.2, 0.25) is 0 Å². The highest BCUT2D eigenvalue weighted by Crippen LogP contribution is 2.40. The second-order valence-corrected chi connectivity index (χ2v) is 6.96. The largest absolute Gasteiger partial charge is 0.493 e. The summed E-state index contributed by atoms with van der Waals surface area (Å²) >= 11 is 0. The van der Waals surface area contributed by atoms with Crippen LogP contribution in [0.5, 0.6) is 17.2 Å². The highest BCUT2D eigenvalue weighted by Gasteiger charge is 2.28. The van der Waals surface area contributed by atoms with Crippen molar-refractivity contribution in [1.82, 2.24) is 9.80 Å². The minimum Gasteiger partial charge on any atom is -0.493 e. The van der Waals surface area contributed by atoms with Crippen molar-refractivity contribution < 1.29 is 14.2 Å². The molecule has 0 aliphatic carbocycles. The van der Waals surface area contributed by atoms with Crippen LogP contribution in [0.4, 0.5) is 0 Å². The Kier molecular flexibility index (Phi) is 5.51. The first-order valence-electron chi connectivity index (χ1n) is 9.01. The molecule has 0 radical (unpaired) electrons. The van der Waals surface area contributed by atoms with E-state index in [1.54, 1.807) is 7.11 Å². The van der Waals surface area contributed by atoms with Crippen LogP contribution in [-0.2, 0) is 6.54 Å². The molecule has 2 atom stereocenters. The van der Waals surface area contributed by atoms with Crippen LogP contribution >= 0.6 is 0 Å². The Morgan fingerprint density at radius 3 is 2.79 bits per heavy atom. The first-order chi connectivity index (χ1) is 11.6. The summed E-state index contributed by atoms with van der Waals surface area (Å²) in [5.74, 6) is 2.99. The lowest BCUT2D eigenvalue weighted by Crippen LogP contribution is -2.48. The highest BCUT2D eigenvalue weighted by atomic mass is 16.6. The normalized spacial score (nSPS) is 24.2. The number of likely N-dealkylation sites (tertiary alicyclic amines) is 1. The van der Waals surface area contributed by atoms with Crippen molar-refractivity contribution >= 4 is 0 Å². The maximum atomic E-state index is 5.75. The number of methoxy groups -OCH3 is 1. The van der Waals surface area contributed by atoms with Crippen LogP contribution in [0.1, 0.15) is 25.8 Å². The second kappa shape index (κ2) is 7.62. The average molecular weight is 334 g/mol. The fraction of sp³-hybridized carbons (Fsp3) is 0.684. The van der Waals surface area contributed by atoms with Gasteiger partial charge in [-0.15, -0.1) is 0 Å². The van der Waals surface area contributed by atoms with Crippen LogP contribution in [0.3, 0.4) is 0 Å². The summed E-state index contributed by atoms with van der Waals surface area (Å²) in [7, 11) is 3.91. The number of rotatable bonds is 5. The summed E-state index contributed by atoms with van der Waals surface area (Å²) in [6, 6.07) is 4.79. The van der Waals surface area contributed by atoms with Crippen molar-refractivity contribution in [1.29, 1.82) is 0 Å². The first-order valence-corrected chi connectivity index (χ1v) is 9.01. The van der Waals surface area contributed by atoms with Gasteiger partial charge in [0.15, 0.2) is 11.5 Å². The molecule has 2 aliphatic rings. The van der Waals surface area contributed by atoms with Gasteiger partial charge in [0.25, 0.3) is 0 Å². The van der Waals surface area contributed by atoms with Crippen LogP contribution < -0.4 is 14.2 Å². The molecule has 5 heteroatoms. The van der Waals surface area contributed by atoms with Gasteiger partial charge in [-0.25, -0.2) is 0 Å². The molecule has 5 nitrogen and oxygen atoms in total. The Bertz CT molecular complexity index is 547. The van der Waals surface area contributed by atoms with Crippen molar-refractivity contribution in [3.05, 3.63) is 17.7 Å². The second-order valence-electron chi connectivity index (χ2n) is 6.96. The van der Waals surface area contributed by atoms with Gasteiger partial charge in [0.1, 0.15) is 13.2 Å². The Labute approximate surface area is 145 Å². The van der Waals surface area contributed by atoms with Crippen molar-refractivity contribution in [3.63, 3.8) is 0 Å². The molecule has 0 aromatic heterocycles. The van der Waals surface area contributed by atoms with E-state index >= 15 is 0 Å². The van der Waals surface area contributed by atoms with Crippen LogP contribution in [0.25, 0.3) is 0 Å². The molecule has 0 amide bonds. The van der Waals surface area contributed by atoms with Crippen LogP contribution in [0.15, 0.2) is 12.1 Å². The molecule has 0 bridgehead atoms. The summed E-state index contributed by atoms with van der Waals surface area (Å²) in [5, 5.41) is 0. The van der Waals surface area contributed by atoms with E-state index in [4.69, 9.17) is 14.2 Å². The number of hydrogen-bond acceptors (Lipinski definition) is 5. The topological polar surface area (TPSA) is 34.2 Å². The third-order valence-electron chi connectivity index (χ3n) is 5.28. The molecular formula is C19H30N2O3. The van der Waals surface area contributed by atoms with Gasteiger partial charge in [0.05, 0.1) is 7.11 Å². The van der Waals surface area contributed by atoms with E-state index < -0.39 is 0 Å². The molecule has 1 aromatic carbocycles. The third kappa shape index (κ3) is 3.62. The number of fused-ring (bicyclic) bond motifs is 1. The summed E-state index contributed by atoms with van der Waals surface area (Å²) in [5.41, 5.74) is 1.21. The SMILES string of the molecule is CCN1CCC(N(C)Cc2cc(OC)c3c(c2)OCCO3)C(C)C1. The Morgan fingerprint density at radius 2 is 2.08 bits per heavy atom. The lowest BCUT2D eigenvalue weighted by atomic mass is 9.92. The average Bonchev–Trinajstić information content (AvgIpc) is 2.60. The summed E-state index contributed by atoms with van der Waals surface area (Å²) in [6.07, 6.45) is 1.23. The number of benzene rings is 1. The summed E-state index contributed by atoms with van der Waals surface area (Å²) in [6.45, 7) is 10.2. The van der Waals surface area contributed by atoms with Crippen molar-refractivity contribution in [2.24, 2.45) is 5.92 Å². The third-order valence-corrected chi connectivity index (χ3v) is 5.28. The molecule has 0 N–H and O–H groups in total. The number of ether oxygens (including phenoxy) is 3. The minimum atomic E-state index is 0.579. The van der Waals surface area contributed by atoms with Crippen molar-refractivity contribution in [2.75, 3.05) is 47.0 Å². The zero-order valence-corrected chi connectivity index (χ0v) is 15.4. The Morgan fingerprint density at radius 1 is 1.29 bits per heavy atom. The van der Waals surface area contributed by atoms with Gasteiger partial charge in [-0.2, -0.15) is 0 Å². The highest BCUT2D eigenvalue weighted by molar-refractivity contribution is 5.54. The molecular weight excluding hydrogens is 304 g/mol. The molecule has 1 fully saturated rings. The zero-order chi connectivity index (χ0) is 17.1. The van der Waals surface area contributed by atoms with Gasteiger partial charge < -0.3 is 19.1 Å². The number of piperidine rings is 1. The fourth-order valence-corrected chi connectivity index (χ4v) is 3.99. The Balaban J connectivity index is 1.71. The number of hydrogen-bond donors (Lipinski definition) is 0. The lowest BCUT2D eigenvalue weighted by Gasteiger charge is -2.41. The molecule has 2 heterocycles. The minimum absolute atomic E-state index is 0.579. The fourth-order valence-electron chi connectivity index (χ4n) is 3.99. The van der Waals surface area contributed by atoms with E-state index in [1.807, 2.05) is 0 Å². The monoisotopic (exact) mass is 334 g/mol. The van der Waals surface area contributed by atoms with Crippen molar-refractivity contribution in [2.45, 2.75) is 32.9 Å². The molecule has 1 aromatic rings. The maximum absolute atomic E-state index is 5.75. The summed E-state index contributed by atoms with van der Waals surface area (Å²) < 4.78 is 16.9. The molecule has 0 saturated carbocycles. The lowest BCUT2D eigenvalue weighted by molar-refractivity contribution is 0.0785. The van der Waals surface area contributed by atoms with Gasteiger partial charge in [-0.05, 0) is 50.2 Å². The zero-order valence-electron chi connectivity index (χ0n) is 15.4. The van der Waals surface area contributed by atoms with E-state index in [2.05, 4.69) is 42.8 Å². The quantitative estimate of drug-likeness (QED) is 0.827. The van der Waals surface area contributed by atoms with E-state index in [1.165, 1.54) is 25.1 Å². The van der Waals surface area contributed by atoms with Crippen LogP contribution in [-0.4, -0.2) is 62.8 Å². The maximum Gasteiger partial charge on any atom is 0.203 e. The molecule has 0 spiro atoms. The standard InChI is InChI=1S/C19H30N2O3/c1-5-21-7-6-16(14(2)12-21)20(3)13-15-10-17(22-4)19-18(11-15)23-8-9-24-19/h10-11,14,16H,5-9,12-13H2,1-4H3. The molecule has 24 heavy (non-hydrogen) atoms. The van der Waals surface area contributed by atoms with Crippen LogP contribution in [0, 0.1) is 5.92 Å². The number of nitrogens with zero attached hydrogens (tertiary/aromatic N) is 2. The molecule has 2 aliphatic heterocycles. The van der Waals surface area contributed by atoms with Crippen molar-refractivity contribution in [3.8, 4) is 17.2 Å². The first kappa shape index (κ1) is 17.4. The van der Waals surface area contributed by atoms with Gasteiger partial charge in [0, 0.05) is 19.1 Å². The predicted molar refractivity (Wildman–Crippen MR) is 95.1 cm³/mol. The van der Waals surface area contributed by atoms with Gasteiger partial charge in [-0.3, -0.25) is 4.90 Å². The summed E-state index contributed by atoms with van der Waals surface area (Å²) in [4.78, 5) is 5.02. The van der Waals surface area contributed by atoms with E-state index in [9.17, 15) is 0 Å². The van der Waals surface area contributed by atoms with Gasteiger partial charge >= 0.3 is 0 Å². The smallest absolute Gasteiger partial charge is 0.203 e. The predicted octanol–water partition coefficient (Wildman–Crippen LogP) is 2.63. The van der Waals surface area contributed by atoms with Gasteiger partial charge in [-0.1, -0.05) is 13.8 Å². The molecule has 2 unspecified atom stereocenters.